The largest absolute Gasteiger partial charge is 0.372 e. The third-order valence-corrected chi connectivity index (χ3v) is 8.43. The Kier molecular flexibility index (Phi) is 4.94. The van der Waals surface area contributed by atoms with Crippen LogP contribution in [0.15, 0.2) is 54.7 Å². The molecule has 0 bridgehead atoms. The van der Waals surface area contributed by atoms with E-state index in [9.17, 15) is 17.2 Å². The van der Waals surface area contributed by atoms with E-state index in [0.717, 1.165) is 29.3 Å². The summed E-state index contributed by atoms with van der Waals surface area (Å²) in [4.78, 5) is 4.32. The maximum atomic E-state index is 13.8. The molecule has 2 aliphatic rings. The maximum Gasteiger partial charge on any atom is 0.240 e. The fourth-order valence-corrected chi connectivity index (χ4v) is 6.62. The number of hydrogen-bond donors (Lipinski definition) is 1. The number of nitrogens with one attached hydrogen (secondary N) is 1. The van der Waals surface area contributed by atoms with Crippen LogP contribution in [0.4, 0.5) is 14.5 Å². The molecule has 1 N–H and O–H groups in total. The molecule has 1 unspecified atom stereocenters. The number of benzene rings is 2. The zero-order chi connectivity index (χ0) is 21.6. The summed E-state index contributed by atoms with van der Waals surface area (Å²) < 4.78 is 61.3. The van der Waals surface area contributed by atoms with Gasteiger partial charge >= 0.3 is 0 Å². The number of fused-ring (bicyclic) bond motifs is 1. The molecule has 2 aromatic carbocycles. The van der Waals surface area contributed by atoms with Crippen LogP contribution in [0.2, 0.25) is 0 Å². The summed E-state index contributed by atoms with van der Waals surface area (Å²) in [6.07, 6.45) is 4.44. The minimum absolute atomic E-state index is 0.143. The maximum absolute atomic E-state index is 13.8. The molecule has 1 spiro atoms. The van der Waals surface area contributed by atoms with Crippen molar-refractivity contribution in [2.24, 2.45) is 0 Å². The van der Waals surface area contributed by atoms with Crippen LogP contribution in [0.5, 0.6) is 0 Å². The highest BCUT2D eigenvalue weighted by Gasteiger charge is 2.56. The quantitative estimate of drug-likeness (QED) is 0.631. The van der Waals surface area contributed by atoms with Gasteiger partial charge in [-0.05, 0) is 85.7 Å². The summed E-state index contributed by atoms with van der Waals surface area (Å²) in [6, 6.07) is 11.8. The van der Waals surface area contributed by atoms with Gasteiger partial charge in [-0.15, -0.1) is 0 Å². The number of anilines is 1. The zero-order valence-corrected chi connectivity index (χ0v) is 17.5. The molecule has 2 heterocycles. The number of halogens is 2. The van der Waals surface area contributed by atoms with E-state index in [-0.39, 0.29) is 18.3 Å². The van der Waals surface area contributed by atoms with Crippen LogP contribution in [0, 0.1) is 11.6 Å². The lowest BCUT2D eigenvalue weighted by molar-refractivity contribution is -0.160. The SMILES string of the molecule is O=S(=O)(Nc1ccc(F)cc1)C1COC12CCC(c1ccnc3ccc(F)cc13)CC2. The molecule has 1 aliphatic heterocycles. The first-order valence-corrected chi connectivity index (χ1v) is 11.9. The van der Waals surface area contributed by atoms with Gasteiger partial charge in [0, 0.05) is 17.3 Å². The van der Waals surface area contributed by atoms with Gasteiger partial charge in [0.15, 0.2) is 0 Å². The van der Waals surface area contributed by atoms with Crippen molar-refractivity contribution in [3.8, 4) is 0 Å². The Labute approximate surface area is 179 Å². The van der Waals surface area contributed by atoms with E-state index in [1.807, 2.05) is 6.07 Å². The van der Waals surface area contributed by atoms with E-state index in [1.54, 1.807) is 12.3 Å². The molecule has 162 valence electrons. The van der Waals surface area contributed by atoms with Crippen LogP contribution in [0.25, 0.3) is 10.9 Å². The Morgan fingerprint density at radius 1 is 1.00 bits per heavy atom. The van der Waals surface area contributed by atoms with Crippen molar-refractivity contribution in [1.29, 1.82) is 0 Å². The van der Waals surface area contributed by atoms with E-state index in [4.69, 9.17) is 4.74 Å². The van der Waals surface area contributed by atoms with E-state index < -0.39 is 26.7 Å². The molecule has 0 amide bonds. The highest BCUT2D eigenvalue weighted by molar-refractivity contribution is 7.93. The van der Waals surface area contributed by atoms with E-state index in [2.05, 4.69) is 9.71 Å². The van der Waals surface area contributed by atoms with Crippen molar-refractivity contribution in [2.45, 2.75) is 42.5 Å². The molecule has 1 aliphatic carbocycles. The fourth-order valence-electron chi connectivity index (χ4n) is 4.89. The number of rotatable bonds is 4. The normalized spacial score (nSPS) is 26.0. The number of pyridine rings is 1. The van der Waals surface area contributed by atoms with Crippen molar-refractivity contribution in [2.75, 3.05) is 11.3 Å². The second-order valence-electron chi connectivity index (χ2n) is 8.35. The predicted octanol–water partition coefficient (Wildman–Crippen LogP) is 4.75. The molecule has 8 heteroatoms. The van der Waals surface area contributed by atoms with Gasteiger partial charge in [0.1, 0.15) is 16.9 Å². The molecule has 5 rings (SSSR count). The number of nitrogens with zero attached hydrogens (tertiary/aromatic N) is 1. The number of aromatic nitrogens is 1. The molecule has 31 heavy (non-hydrogen) atoms. The van der Waals surface area contributed by atoms with Gasteiger partial charge in [0.25, 0.3) is 0 Å². The van der Waals surface area contributed by atoms with Gasteiger partial charge in [-0.2, -0.15) is 0 Å². The highest BCUT2D eigenvalue weighted by Crippen LogP contribution is 2.49. The minimum atomic E-state index is -3.68. The standard InChI is InChI=1S/C23H22F2N2O3S/c24-16-1-4-18(5-2-16)27-31(28,29)22-14-30-23(22)10-7-15(8-11-23)19-9-12-26-21-6-3-17(25)13-20(19)21/h1-6,9,12-13,15,22,27H,7-8,10-11,14H2. The Morgan fingerprint density at radius 2 is 1.71 bits per heavy atom. The van der Waals surface area contributed by atoms with Gasteiger partial charge in [0.05, 0.1) is 17.7 Å². The summed E-state index contributed by atoms with van der Waals surface area (Å²) in [5.74, 6) is -0.529. The Hall–Kier alpha value is -2.58. The second-order valence-corrected chi connectivity index (χ2v) is 10.2. The van der Waals surface area contributed by atoms with E-state index in [1.165, 1.54) is 36.4 Å². The molecule has 3 aromatic rings. The lowest BCUT2D eigenvalue weighted by Crippen LogP contribution is -2.63. The molecule has 2 fully saturated rings. The zero-order valence-electron chi connectivity index (χ0n) is 16.7. The van der Waals surface area contributed by atoms with Gasteiger partial charge in [-0.3, -0.25) is 9.71 Å². The van der Waals surface area contributed by atoms with Gasteiger partial charge in [-0.25, -0.2) is 17.2 Å². The Balaban J connectivity index is 1.33. The van der Waals surface area contributed by atoms with Crippen LogP contribution in [0.1, 0.15) is 37.2 Å². The molecule has 1 aromatic heterocycles. The topological polar surface area (TPSA) is 68.3 Å². The summed E-state index contributed by atoms with van der Waals surface area (Å²) in [5.41, 5.74) is 1.42. The molecule has 0 radical (unpaired) electrons. The van der Waals surface area contributed by atoms with Crippen molar-refractivity contribution < 1.29 is 21.9 Å². The number of sulfonamides is 1. The molecule has 1 saturated carbocycles. The van der Waals surface area contributed by atoms with Crippen LogP contribution in [-0.2, 0) is 14.8 Å². The Bertz CT molecular complexity index is 1220. The van der Waals surface area contributed by atoms with E-state index in [0.29, 0.717) is 18.5 Å². The first-order chi connectivity index (χ1) is 14.9. The average Bonchev–Trinajstić information content (AvgIpc) is 2.74. The lowest BCUT2D eigenvalue weighted by atomic mass is 9.72. The molecule has 1 atom stereocenters. The molecule has 1 saturated heterocycles. The van der Waals surface area contributed by atoms with Crippen LogP contribution in [0.3, 0.4) is 0 Å². The van der Waals surface area contributed by atoms with Gasteiger partial charge in [0.2, 0.25) is 10.0 Å². The van der Waals surface area contributed by atoms with Crippen LogP contribution >= 0.6 is 0 Å². The van der Waals surface area contributed by atoms with Gasteiger partial charge in [-0.1, -0.05) is 0 Å². The molecular weight excluding hydrogens is 422 g/mol. The van der Waals surface area contributed by atoms with Crippen LogP contribution < -0.4 is 4.72 Å². The van der Waals surface area contributed by atoms with Crippen molar-refractivity contribution >= 4 is 26.6 Å². The second kappa shape index (κ2) is 7.53. The monoisotopic (exact) mass is 444 g/mol. The lowest BCUT2D eigenvalue weighted by Gasteiger charge is -2.52. The first-order valence-electron chi connectivity index (χ1n) is 10.3. The van der Waals surface area contributed by atoms with E-state index >= 15 is 0 Å². The highest BCUT2D eigenvalue weighted by atomic mass is 32.2. The summed E-state index contributed by atoms with van der Waals surface area (Å²) in [5, 5.41) is 0.151. The van der Waals surface area contributed by atoms with Crippen molar-refractivity contribution in [3.63, 3.8) is 0 Å². The number of hydrogen-bond acceptors (Lipinski definition) is 4. The van der Waals surface area contributed by atoms with Crippen molar-refractivity contribution in [3.05, 3.63) is 71.9 Å². The first kappa shape index (κ1) is 20.3. The minimum Gasteiger partial charge on any atom is -0.372 e. The molecule has 5 nitrogen and oxygen atoms in total. The van der Waals surface area contributed by atoms with Crippen molar-refractivity contribution in [1.82, 2.24) is 4.98 Å². The third kappa shape index (κ3) is 3.68. The Morgan fingerprint density at radius 3 is 2.39 bits per heavy atom. The average molecular weight is 445 g/mol. The smallest absolute Gasteiger partial charge is 0.240 e. The van der Waals surface area contributed by atoms with Crippen LogP contribution in [-0.4, -0.2) is 30.9 Å². The predicted molar refractivity (Wildman–Crippen MR) is 114 cm³/mol. The molecular formula is C23H22F2N2O3S. The third-order valence-electron chi connectivity index (χ3n) is 6.60. The summed E-state index contributed by atoms with van der Waals surface area (Å²) in [7, 11) is -3.68. The fraction of sp³-hybridized carbons (Fsp3) is 0.348. The summed E-state index contributed by atoms with van der Waals surface area (Å²) >= 11 is 0. The number of ether oxygens (including phenoxy) is 1. The van der Waals surface area contributed by atoms with Gasteiger partial charge < -0.3 is 4.74 Å². The summed E-state index contributed by atoms with van der Waals surface area (Å²) in [6.45, 7) is 0.143.